The number of phenols is 1. The number of ketones is 1. The highest BCUT2D eigenvalue weighted by Crippen LogP contribution is 2.75. The van der Waals surface area contributed by atoms with Crippen LogP contribution in [0.15, 0.2) is 65.0 Å². The summed E-state index contributed by atoms with van der Waals surface area (Å²) in [6, 6.07) is 7.55. The predicted octanol–water partition coefficient (Wildman–Crippen LogP) is 7.60. The number of aliphatic hydroxyl groups is 3. The third-order valence-corrected chi connectivity index (χ3v) is 18.5. The number of aromatic hydroxyl groups is 1. The molecule has 7 N–H and O–H groups in total. The number of nitrogens with two attached hydrogens (primary N) is 1. The highest BCUT2D eigenvalue weighted by atomic mass is 16.5. The molecule has 0 saturated heterocycles. The largest absolute Gasteiger partial charge is 0.508 e. The lowest BCUT2D eigenvalue weighted by atomic mass is 9.42. The van der Waals surface area contributed by atoms with Gasteiger partial charge in [0.25, 0.3) is 0 Å². The van der Waals surface area contributed by atoms with Crippen molar-refractivity contribution in [3.8, 4) is 41.1 Å². The van der Waals surface area contributed by atoms with Crippen molar-refractivity contribution in [2.75, 3.05) is 13.1 Å². The number of Topliss-reactive ketones (excluding diaryl/α,β-unsaturated/α-hetero) is 1. The average Bonchev–Trinajstić information content (AvgIpc) is 4.17. The van der Waals surface area contributed by atoms with Crippen LogP contribution in [0.4, 0.5) is 0 Å². The maximum absolute atomic E-state index is 13.3. The first-order valence-corrected chi connectivity index (χ1v) is 25.4. The molecule has 11 heteroatoms. The molecular weight excluding hydrogens is 841 g/mol. The zero-order valence-corrected chi connectivity index (χ0v) is 38.6. The van der Waals surface area contributed by atoms with E-state index < -0.39 is 41.8 Å². The molecule has 0 amide bonds. The Labute approximate surface area is 394 Å². The molecule has 3 saturated carbocycles. The standard InChI is InChI=1S/C56H64N4O7/c1-32-8-11-35(45(64)24-32)46(65)26-34(61)10-9-33-25-48-47(27-44(33)63)66-23-22-54(16-2-3-17-54)40-14-15-43(62)36-12-13-37-49-41(29-59-52(37)57)55(18-4-5-19-55)56(20-6-7-21-56)51(50(36)49)38-28-58-42-31-60(30-39(38)42)53(40)67-48/h8,11-13,25,27-28,30,32,35,40-41,43,45-46,51-53,59,62-65H,2-7,9-10,16-21,24,26,29,31,57H2,1H3. The number of nitrogens with one attached hydrogen (secondary N) is 1. The molecule has 67 heavy (non-hydrogen) atoms. The molecule has 12 rings (SSSR count). The molecule has 10 unspecified atom stereocenters. The summed E-state index contributed by atoms with van der Waals surface area (Å²) in [5, 5.41) is 49.5. The Balaban J connectivity index is 0.955. The molecule has 0 radical (unpaired) electrons. The predicted molar refractivity (Wildman–Crippen MR) is 253 cm³/mol. The Morgan fingerprint density at radius 1 is 0.970 bits per heavy atom. The number of nitrogens with zero attached hydrogens (tertiary/aromatic N) is 2. The number of hydrogen-bond acceptors (Lipinski definition) is 11. The van der Waals surface area contributed by atoms with Gasteiger partial charge in [-0.25, -0.2) is 0 Å². The van der Waals surface area contributed by atoms with Crippen LogP contribution in [-0.2, 0) is 11.2 Å². The lowest BCUT2D eigenvalue weighted by Crippen LogP contribution is -2.56. The molecule has 5 aliphatic heterocycles. The van der Waals surface area contributed by atoms with E-state index >= 15 is 0 Å². The minimum Gasteiger partial charge on any atom is -0.508 e. The van der Waals surface area contributed by atoms with E-state index in [-0.39, 0.29) is 65.4 Å². The monoisotopic (exact) mass is 904 g/mol. The summed E-state index contributed by atoms with van der Waals surface area (Å²) in [4.78, 5) is 20.9. The molecule has 3 fully saturated rings. The van der Waals surface area contributed by atoms with Crippen LogP contribution in [0.2, 0.25) is 0 Å². The molecule has 2 aromatic carbocycles. The SMILES string of the molecule is CC1C=CC(C(O)CC(=O)CCc2cc3c(cc2O)OC#CC2(CCCC2)C2C#CC(O)c4ccc5c6c4C(C4=CN=C7CN(C=C47)C2O3)C2(CCCC2)C2(CCCC2)C6CNC5N)C(O)C1. The van der Waals surface area contributed by atoms with Gasteiger partial charge in [-0.2, -0.15) is 0 Å². The summed E-state index contributed by atoms with van der Waals surface area (Å²) in [7, 11) is 0. The first kappa shape index (κ1) is 43.4. The van der Waals surface area contributed by atoms with Crippen molar-refractivity contribution in [1.29, 1.82) is 0 Å². The van der Waals surface area contributed by atoms with Crippen molar-refractivity contribution < 1.29 is 34.7 Å². The number of fused-ring (bicyclic) bond motifs is 9. The van der Waals surface area contributed by atoms with Crippen LogP contribution in [0, 0.1) is 57.9 Å². The Kier molecular flexibility index (Phi) is 10.6. The number of aliphatic hydroxyl groups excluding tert-OH is 3. The Hall–Kier alpha value is -4.88. The van der Waals surface area contributed by atoms with Gasteiger partial charge in [-0.05, 0) is 108 Å². The Bertz CT molecular complexity index is 2640. The minimum atomic E-state index is -1.07. The van der Waals surface area contributed by atoms with Gasteiger partial charge < -0.3 is 40.5 Å². The quantitative estimate of drug-likeness (QED) is 0.125. The minimum absolute atomic E-state index is 0.0122. The van der Waals surface area contributed by atoms with Crippen molar-refractivity contribution >= 4 is 11.5 Å². The fourth-order valence-electron chi connectivity index (χ4n) is 15.4. The summed E-state index contributed by atoms with van der Waals surface area (Å²) in [6.45, 7) is 3.37. The number of ether oxygens (including phenoxy) is 2. The number of carbonyl (C=O) groups is 1. The van der Waals surface area contributed by atoms with Crippen LogP contribution in [0.3, 0.4) is 0 Å². The van der Waals surface area contributed by atoms with Gasteiger partial charge in [-0.1, -0.05) is 87.5 Å². The number of hydrogen-bond donors (Lipinski definition) is 6. The molecule has 10 atom stereocenters. The van der Waals surface area contributed by atoms with Crippen molar-refractivity contribution in [2.45, 2.75) is 152 Å². The Morgan fingerprint density at radius 3 is 2.49 bits per heavy atom. The summed E-state index contributed by atoms with van der Waals surface area (Å²) < 4.78 is 13.4. The van der Waals surface area contributed by atoms with E-state index in [1.165, 1.54) is 61.3 Å². The molecule has 5 heterocycles. The topological polar surface area (TPSA) is 170 Å². The third kappa shape index (κ3) is 6.73. The van der Waals surface area contributed by atoms with Gasteiger partial charge in [0.05, 0.1) is 42.0 Å². The summed E-state index contributed by atoms with van der Waals surface area (Å²) >= 11 is 0. The average molecular weight is 905 g/mol. The second kappa shape index (κ2) is 16.4. The van der Waals surface area contributed by atoms with Crippen molar-refractivity contribution in [3.05, 3.63) is 87.8 Å². The number of aryl methyl sites for hydroxylation is 1. The van der Waals surface area contributed by atoms with Gasteiger partial charge in [0.1, 0.15) is 23.7 Å². The number of phenolic OH excluding ortho intramolecular Hbond substituents is 1. The van der Waals surface area contributed by atoms with E-state index in [0.717, 1.165) is 67.5 Å². The lowest BCUT2D eigenvalue weighted by molar-refractivity contribution is -0.122. The zero-order chi connectivity index (χ0) is 45.8. The van der Waals surface area contributed by atoms with E-state index in [1.54, 1.807) is 6.07 Å². The van der Waals surface area contributed by atoms with Crippen LogP contribution in [0.1, 0.15) is 155 Å². The van der Waals surface area contributed by atoms with E-state index in [1.807, 2.05) is 19.1 Å². The molecule has 10 aliphatic rings. The number of benzene rings is 2. The highest BCUT2D eigenvalue weighted by Gasteiger charge is 2.66. The molecule has 5 aliphatic carbocycles. The van der Waals surface area contributed by atoms with Crippen LogP contribution < -0.4 is 20.5 Å². The van der Waals surface area contributed by atoms with Crippen LogP contribution in [0.25, 0.3) is 0 Å². The highest BCUT2D eigenvalue weighted by molar-refractivity contribution is 6.10. The van der Waals surface area contributed by atoms with Crippen LogP contribution in [0.5, 0.6) is 17.2 Å². The van der Waals surface area contributed by atoms with Gasteiger partial charge >= 0.3 is 0 Å². The Morgan fingerprint density at radius 2 is 1.72 bits per heavy atom. The van der Waals surface area contributed by atoms with Crippen LogP contribution >= 0.6 is 0 Å². The molecule has 2 aromatic rings. The third-order valence-electron chi connectivity index (χ3n) is 18.5. The maximum Gasteiger partial charge on any atom is 0.187 e. The van der Waals surface area contributed by atoms with Crippen LogP contribution in [-0.4, -0.2) is 68.3 Å². The van der Waals surface area contributed by atoms with E-state index in [2.05, 4.69) is 58.6 Å². The number of allylic oxidation sites excluding steroid dienone is 2. The number of carbonyl (C=O) groups excluding carboxylic acids is 1. The first-order valence-electron chi connectivity index (χ1n) is 25.4. The first-order chi connectivity index (χ1) is 32.5. The maximum atomic E-state index is 13.3. The molecule has 0 aromatic heterocycles. The van der Waals surface area contributed by atoms with Gasteiger partial charge in [-0.15, -0.1) is 0 Å². The fourth-order valence-corrected chi connectivity index (χ4v) is 15.4. The molecule has 350 valence electrons. The van der Waals surface area contributed by atoms with Crippen molar-refractivity contribution in [3.63, 3.8) is 0 Å². The normalized spacial score (nSPS) is 33.4. The number of aliphatic imine (C=N–C) groups is 1. The van der Waals surface area contributed by atoms with Gasteiger partial charge in [0, 0.05) is 61.2 Å². The molecule has 3 spiro atoms. The zero-order valence-electron chi connectivity index (χ0n) is 38.6. The molecule has 2 bridgehead atoms. The van der Waals surface area contributed by atoms with Crippen molar-refractivity contribution in [1.82, 2.24) is 10.2 Å². The molecule has 11 nitrogen and oxygen atoms in total. The lowest BCUT2D eigenvalue weighted by Gasteiger charge is -2.62. The fraction of sp³-hybridized carbons (Fsp3) is 0.571. The molecular formula is C56H64N4O7. The summed E-state index contributed by atoms with van der Waals surface area (Å²) in [6.07, 6.45) is 21.3. The second-order valence-electron chi connectivity index (χ2n) is 21.9. The van der Waals surface area contributed by atoms with E-state index in [0.29, 0.717) is 30.2 Å². The second-order valence-corrected chi connectivity index (χ2v) is 21.9. The summed E-state index contributed by atoms with van der Waals surface area (Å²) in [5.74, 6) is 10.7. The van der Waals surface area contributed by atoms with E-state index in [4.69, 9.17) is 20.2 Å². The smallest absolute Gasteiger partial charge is 0.187 e. The van der Waals surface area contributed by atoms with Gasteiger partial charge in [-0.3, -0.25) is 15.1 Å². The number of rotatable bonds is 6. The summed E-state index contributed by atoms with van der Waals surface area (Å²) in [5.41, 5.74) is 14.9. The van der Waals surface area contributed by atoms with E-state index in [9.17, 15) is 25.2 Å². The van der Waals surface area contributed by atoms with Gasteiger partial charge in [0.2, 0.25) is 0 Å². The van der Waals surface area contributed by atoms with Gasteiger partial charge in [0.15, 0.2) is 17.7 Å². The van der Waals surface area contributed by atoms with Crippen molar-refractivity contribution in [2.24, 2.45) is 44.7 Å².